The molecule has 0 bridgehead atoms. The van der Waals surface area contributed by atoms with E-state index in [9.17, 15) is 19.7 Å². The van der Waals surface area contributed by atoms with Crippen LogP contribution < -0.4 is 5.73 Å². The molecule has 2 aromatic rings. The number of benzene rings is 1. The topological polar surface area (TPSA) is 176 Å². The fourth-order valence-electron chi connectivity index (χ4n) is 3.68. The van der Waals surface area contributed by atoms with Crippen LogP contribution in [0.1, 0.15) is 32.3 Å². The quantitative estimate of drug-likeness (QED) is 0.231. The van der Waals surface area contributed by atoms with Crippen LogP contribution in [0.25, 0.3) is 0 Å². The Hall–Kier alpha value is -3.74. The second-order valence-corrected chi connectivity index (χ2v) is 8.13. The van der Waals surface area contributed by atoms with E-state index >= 15 is 0 Å². The summed E-state index contributed by atoms with van der Waals surface area (Å²) in [7, 11) is 0. The van der Waals surface area contributed by atoms with E-state index in [1.165, 1.54) is 30.0 Å². The van der Waals surface area contributed by atoms with Crippen molar-refractivity contribution in [3.05, 3.63) is 51.2 Å². The Morgan fingerprint density at radius 3 is 2.62 bits per heavy atom. The molecule has 1 aromatic carbocycles. The van der Waals surface area contributed by atoms with E-state index in [2.05, 4.69) is 20.2 Å². The number of carbonyl (C=O) groups excluding carboxylic acids is 2. The number of nitrogens with two attached hydrogens (primary N) is 1. The molecule has 0 spiro atoms. The lowest BCUT2D eigenvalue weighted by atomic mass is 9.75. The molecule has 0 saturated carbocycles. The number of nitro benzene ring substituents is 1. The average Bonchev–Trinajstić information content (AvgIpc) is 3.22. The highest BCUT2D eigenvalue weighted by Gasteiger charge is 2.43. The van der Waals surface area contributed by atoms with E-state index in [4.69, 9.17) is 15.2 Å². The lowest BCUT2D eigenvalue weighted by molar-refractivity contribution is -0.384. The molecule has 0 radical (unpaired) electrons. The minimum atomic E-state index is -0.964. The van der Waals surface area contributed by atoms with E-state index < -0.39 is 28.7 Å². The molecule has 0 aliphatic carbocycles. The third-order valence-electron chi connectivity index (χ3n) is 5.01. The Labute approximate surface area is 199 Å². The molecule has 3 N–H and O–H groups in total. The van der Waals surface area contributed by atoms with Crippen molar-refractivity contribution in [3.63, 3.8) is 0 Å². The number of ether oxygens (including phenoxy) is 2. The largest absolute Gasteiger partial charge is 0.465 e. The number of nitrogen functional groups attached to an aromatic ring is 1. The minimum absolute atomic E-state index is 0.0919. The van der Waals surface area contributed by atoms with Crippen LogP contribution in [0.4, 0.5) is 11.6 Å². The van der Waals surface area contributed by atoms with E-state index in [-0.39, 0.29) is 36.2 Å². The van der Waals surface area contributed by atoms with Crippen LogP contribution in [0, 0.1) is 16.0 Å². The van der Waals surface area contributed by atoms with Gasteiger partial charge in [-0.2, -0.15) is 4.98 Å². The molecule has 2 unspecified atom stereocenters. The van der Waals surface area contributed by atoms with Crippen LogP contribution in [0.3, 0.4) is 0 Å². The van der Waals surface area contributed by atoms with Crippen LogP contribution in [0.2, 0.25) is 0 Å². The van der Waals surface area contributed by atoms with Gasteiger partial charge in [-0.1, -0.05) is 23.9 Å². The van der Waals surface area contributed by atoms with Gasteiger partial charge in [0.05, 0.1) is 29.4 Å². The Kier molecular flexibility index (Phi) is 7.99. The number of nitrogens with zero attached hydrogens (tertiary/aromatic N) is 4. The molecular formula is C21H24N6O6S. The molecule has 12 nitrogen and oxygen atoms in total. The average molecular weight is 489 g/mol. The zero-order valence-corrected chi connectivity index (χ0v) is 19.6. The summed E-state index contributed by atoms with van der Waals surface area (Å²) in [5.74, 6) is -2.81. The summed E-state index contributed by atoms with van der Waals surface area (Å²) in [5.41, 5.74) is 6.69. The van der Waals surface area contributed by atoms with Crippen molar-refractivity contribution in [2.45, 2.75) is 31.8 Å². The number of thioether (sulfide) groups is 1. The monoisotopic (exact) mass is 488 g/mol. The first-order valence-corrected chi connectivity index (χ1v) is 11.4. The molecule has 0 fully saturated rings. The maximum Gasteiger partial charge on any atom is 0.336 e. The van der Waals surface area contributed by atoms with Crippen molar-refractivity contribution in [1.29, 1.82) is 0 Å². The number of H-pyrrole nitrogens is 1. The number of anilines is 1. The summed E-state index contributed by atoms with van der Waals surface area (Å²) in [4.78, 5) is 45.6. The van der Waals surface area contributed by atoms with Crippen molar-refractivity contribution in [3.8, 4) is 0 Å². The van der Waals surface area contributed by atoms with E-state index in [0.717, 1.165) is 0 Å². The number of aromatic nitrogens is 3. The molecule has 180 valence electrons. The van der Waals surface area contributed by atoms with Crippen molar-refractivity contribution < 1.29 is 24.0 Å². The van der Waals surface area contributed by atoms with Crippen LogP contribution in [-0.2, 0) is 19.1 Å². The molecule has 3 rings (SSSR count). The molecule has 0 saturated heterocycles. The zero-order chi connectivity index (χ0) is 24.8. The number of nitro groups is 1. The predicted molar refractivity (Wildman–Crippen MR) is 124 cm³/mol. The number of non-ortho nitro benzene ring substituents is 1. The van der Waals surface area contributed by atoms with Crippen LogP contribution in [0.15, 0.2) is 45.7 Å². The van der Waals surface area contributed by atoms with Crippen molar-refractivity contribution in [2.24, 2.45) is 10.9 Å². The summed E-state index contributed by atoms with van der Waals surface area (Å²) < 4.78 is 10.6. The maximum absolute atomic E-state index is 13.2. The van der Waals surface area contributed by atoms with Crippen LogP contribution in [-0.4, -0.2) is 56.7 Å². The van der Waals surface area contributed by atoms with Gasteiger partial charge < -0.3 is 15.2 Å². The molecule has 1 aromatic heterocycles. The van der Waals surface area contributed by atoms with Gasteiger partial charge in [0.15, 0.2) is 0 Å². The second kappa shape index (κ2) is 10.9. The number of hydrogen-bond acceptors (Lipinski definition) is 11. The van der Waals surface area contributed by atoms with Gasteiger partial charge in [-0.15, -0.1) is 5.10 Å². The van der Waals surface area contributed by atoms with Crippen molar-refractivity contribution >= 4 is 41.0 Å². The van der Waals surface area contributed by atoms with Gasteiger partial charge in [-0.25, -0.2) is 9.89 Å². The third-order valence-corrected chi connectivity index (χ3v) is 5.87. The number of nitrogens with one attached hydrogen (secondary N) is 1. The highest BCUT2D eigenvalue weighted by Crippen LogP contribution is 2.42. The van der Waals surface area contributed by atoms with Gasteiger partial charge in [-0.05, 0) is 26.3 Å². The Bertz CT molecular complexity index is 1160. The van der Waals surface area contributed by atoms with Gasteiger partial charge in [0, 0.05) is 29.5 Å². The second-order valence-electron chi connectivity index (χ2n) is 7.19. The lowest BCUT2D eigenvalue weighted by Gasteiger charge is -2.32. The molecule has 13 heteroatoms. The smallest absolute Gasteiger partial charge is 0.336 e. The van der Waals surface area contributed by atoms with Crippen LogP contribution in [0.5, 0.6) is 0 Å². The van der Waals surface area contributed by atoms with Crippen molar-refractivity contribution in [2.75, 3.05) is 24.7 Å². The number of rotatable bonds is 9. The molecule has 34 heavy (non-hydrogen) atoms. The predicted octanol–water partition coefficient (Wildman–Crippen LogP) is 2.64. The molecule has 2 heterocycles. The van der Waals surface area contributed by atoms with Gasteiger partial charge >= 0.3 is 11.9 Å². The van der Waals surface area contributed by atoms with E-state index in [1.54, 1.807) is 26.8 Å². The number of aliphatic imine (C=N–C) groups is 1. The standard InChI is InChI=1S/C21H24N6O6S/c1-4-32-18(28)15-11(3)23-14(10-34-21-24-20(22)25-26-21)17(19(29)33-5-2)16(15)12-7-6-8-13(9-12)27(30)31/h6-9,15-16H,4-5,10H2,1-3H3,(H3,22,24,25,26). The number of aromatic amines is 1. The molecule has 1 aliphatic rings. The number of hydrogen-bond donors (Lipinski definition) is 2. The fraction of sp³-hybridized carbons (Fsp3) is 0.381. The highest BCUT2D eigenvalue weighted by atomic mass is 32.2. The Morgan fingerprint density at radius 2 is 2.00 bits per heavy atom. The summed E-state index contributed by atoms with van der Waals surface area (Å²) >= 11 is 1.18. The summed E-state index contributed by atoms with van der Waals surface area (Å²) in [6.45, 7) is 5.20. The van der Waals surface area contributed by atoms with Crippen molar-refractivity contribution in [1.82, 2.24) is 15.2 Å². The normalized spacial score (nSPS) is 17.8. The summed E-state index contributed by atoms with van der Waals surface area (Å²) in [6, 6.07) is 5.81. The maximum atomic E-state index is 13.2. The van der Waals surface area contributed by atoms with Crippen LogP contribution >= 0.6 is 11.8 Å². The Morgan fingerprint density at radius 1 is 1.26 bits per heavy atom. The van der Waals surface area contributed by atoms with Gasteiger partial charge in [0.25, 0.3) is 5.69 Å². The van der Waals surface area contributed by atoms with E-state index in [1.807, 2.05) is 0 Å². The number of carbonyl (C=O) groups is 2. The molecule has 0 amide bonds. The Balaban J connectivity index is 2.16. The third kappa shape index (κ3) is 5.42. The fourth-order valence-corrected chi connectivity index (χ4v) is 4.44. The SMILES string of the molecule is CCOC(=O)C1=C(CSc2n[nH]c(N)n2)N=C(C)C(C(=O)OCC)C1c1cccc([N+](=O)[O-])c1. The van der Waals surface area contributed by atoms with E-state index in [0.29, 0.717) is 22.1 Å². The number of esters is 2. The molecule has 2 atom stereocenters. The van der Waals surface area contributed by atoms with Gasteiger partial charge in [0.2, 0.25) is 11.1 Å². The first-order chi connectivity index (χ1) is 16.3. The first-order valence-electron chi connectivity index (χ1n) is 10.4. The highest BCUT2D eigenvalue weighted by molar-refractivity contribution is 7.99. The van der Waals surface area contributed by atoms with Gasteiger partial charge in [-0.3, -0.25) is 19.9 Å². The van der Waals surface area contributed by atoms with Gasteiger partial charge in [0.1, 0.15) is 5.92 Å². The summed E-state index contributed by atoms with van der Waals surface area (Å²) in [6.07, 6.45) is 0. The molecule has 1 aliphatic heterocycles. The minimum Gasteiger partial charge on any atom is -0.465 e. The zero-order valence-electron chi connectivity index (χ0n) is 18.8. The summed E-state index contributed by atoms with van der Waals surface area (Å²) in [5, 5.41) is 18.3. The molecular weight excluding hydrogens is 464 g/mol. The first kappa shape index (κ1) is 24.9. The lowest BCUT2D eigenvalue weighted by Crippen LogP contribution is -2.37.